The van der Waals surface area contributed by atoms with Crippen molar-refractivity contribution in [2.75, 3.05) is 19.0 Å². The van der Waals surface area contributed by atoms with E-state index in [1.165, 1.54) is 11.0 Å². The van der Waals surface area contributed by atoms with E-state index < -0.39 is 35.6 Å². The number of carbonyl (C=O) groups is 3. The summed E-state index contributed by atoms with van der Waals surface area (Å²) in [6.07, 6.45) is -0.0481. The molecule has 3 amide bonds. The molecule has 0 heterocycles. The van der Waals surface area contributed by atoms with Crippen molar-refractivity contribution in [2.24, 2.45) is 0 Å². The van der Waals surface area contributed by atoms with Crippen LogP contribution in [0.15, 0.2) is 78.9 Å². The zero-order chi connectivity index (χ0) is 30.0. The smallest absolute Gasteiger partial charge is 0.408 e. The SMILES string of the molecule is CCCN(C(=O)C(Cc1ccccc1)NC(=O)OC(C)(C)C)C(C(=O)Nc1ccc(OC)cc1)c1ccccc1O. The molecule has 3 aromatic rings. The van der Waals surface area contributed by atoms with Gasteiger partial charge in [0, 0.05) is 24.2 Å². The molecule has 0 saturated carbocycles. The van der Waals surface area contributed by atoms with E-state index in [9.17, 15) is 19.5 Å². The van der Waals surface area contributed by atoms with Crippen LogP contribution >= 0.6 is 0 Å². The molecule has 0 fully saturated rings. The predicted molar refractivity (Wildman–Crippen MR) is 158 cm³/mol. The van der Waals surface area contributed by atoms with Crippen molar-refractivity contribution in [3.05, 3.63) is 90.0 Å². The average Bonchev–Trinajstić information content (AvgIpc) is 2.93. The summed E-state index contributed by atoms with van der Waals surface area (Å²) < 4.78 is 10.7. The summed E-state index contributed by atoms with van der Waals surface area (Å²) in [6, 6.07) is 20.3. The van der Waals surface area contributed by atoms with Crippen LogP contribution in [0, 0.1) is 0 Å². The van der Waals surface area contributed by atoms with E-state index in [1.807, 2.05) is 37.3 Å². The Labute approximate surface area is 241 Å². The van der Waals surface area contributed by atoms with Gasteiger partial charge in [0.05, 0.1) is 7.11 Å². The molecule has 9 nitrogen and oxygen atoms in total. The molecule has 3 N–H and O–H groups in total. The Morgan fingerprint density at radius 3 is 2.15 bits per heavy atom. The number of amides is 3. The van der Waals surface area contributed by atoms with E-state index in [0.29, 0.717) is 17.9 Å². The highest BCUT2D eigenvalue weighted by Crippen LogP contribution is 2.31. The second kappa shape index (κ2) is 14.2. The van der Waals surface area contributed by atoms with Crippen molar-refractivity contribution >= 4 is 23.6 Å². The Balaban J connectivity index is 2.02. The lowest BCUT2D eigenvalue weighted by atomic mass is 9.99. The topological polar surface area (TPSA) is 117 Å². The van der Waals surface area contributed by atoms with E-state index >= 15 is 0 Å². The second-order valence-corrected chi connectivity index (χ2v) is 10.6. The van der Waals surface area contributed by atoms with Crippen LogP contribution in [0.4, 0.5) is 10.5 Å². The van der Waals surface area contributed by atoms with Gasteiger partial charge in [-0.2, -0.15) is 0 Å². The average molecular weight is 562 g/mol. The molecule has 41 heavy (non-hydrogen) atoms. The fraction of sp³-hybridized carbons (Fsp3) is 0.344. The third-order valence-electron chi connectivity index (χ3n) is 6.17. The maximum absolute atomic E-state index is 14.3. The van der Waals surface area contributed by atoms with Gasteiger partial charge < -0.3 is 30.1 Å². The molecule has 2 atom stereocenters. The van der Waals surface area contributed by atoms with Gasteiger partial charge in [-0.1, -0.05) is 55.5 Å². The summed E-state index contributed by atoms with van der Waals surface area (Å²) in [7, 11) is 1.55. The summed E-state index contributed by atoms with van der Waals surface area (Å²) in [6.45, 7) is 7.29. The molecule has 2 unspecified atom stereocenters. The van der Waals surface area contributed by atoms with E-state index in [0.717, 1.165) is 5.56 Å². The second-order valence-electron chi connectivity index (χ2n) is 10.6. The largest absolute Gasteiger partial charge is 0.508 e. The molecular formula is C32H39N3O6. The van der Waals surface area contributed by atoms with Crippen molar-refractivity contribution in [1.29, 1.82) is 0 Å². The lowest BCUT2D eigenvalue weighted by molar-refractivity contribution is -0.140. The molecule has 0 aliphatic rings. The third kappa shape index (κ3) is 8.99. The lowest BCUT2D eigenvalue weighted by Crippen LogP contribution is -2.53. The van der Waals surface area contributed by atoms with Crippen molar-refractivity contribution in [3.8, 4) is 11.5 Å². The Morgan fingerprint density at radius 2 is 1.56 bits per heavy atom. The summed E-state index contributed by atoms with van der Waals surface area (Å²) in [5.41, 5.74) is 0.800. The van der Waals surface area contributed by atoms with Crippen molar-refractivity contribution in [2.45, 2.75) is 58.2 Å². The fourth-order valence-electron chi connectivity index (χ4n) is 4.36. The predicted octanol–water partition coefficient (Wildman–Crippen LogP) is 5.46. The van der Waals surface area contributed by atoms with Gasteiger partial charge in [-0.05, 0) is 63.1 Å². The molecule has 0 aliphatic carbocycles. The van der Waals surface area contributed by atoms with E-state index in [2.05, 4.69) is 10.6 Å². The highest BCUT2D eigenvalue weighted by Gasteiger charge is 2.37. The number of anilines is 1. The first-order valence-corrected chi connectivity index (χ1v) is 13.6. The molecule has 0 aliphatic heterocycles. The normalized spacial score (nSPS) is 12.5. The van der Waals surface area contributed by atoms with Crippen LogP contribution in [0.25, 0.3) is 0 Å². The van der Waals surface area contributed by atoms with Crippen LogP contribution < -0.4 is 15.4 Å². The van der Waals surface area contributed by atoms with Gasteiger partial charge >= 0.3 is 6.09 Å². The first-order chi connectivity index (χ1) is 19.5. The standard InChI is InChI=1S/C32H39N3O6/c1-6-20-35(30(38)26(21-22-12-8-7-9-13-22)34-31(39)41-32(2,3)4)28(25-14-10-11-15-27(25)36)29(37)33-23-16-18-24(40-5)19-17-23/h7-19,26,28,36H,6,20-21H2,1-5H3,(H,33,37)(H,34,39). The van der Waals surface area contributed by atoms with Gasteiger partial charge in [-0.25, -0.2) is 4.79 Å². The summed E-state index contributed by atoms with van der Waals surface area (Å²) >= 11 is 0. The molecule has 9 heteroatoms. The van der Waals surface area contributed by atoms with Crippen LogP contribution in [0.1, 0.15) is 51.3 Å². The summed E-state index contributed by atoms with van der Waals surface area (Å²) in [5, 5.41) is 16.4. The summed E-state index contributed by atoms with van der Waals surface area (Å²) in [5.74, 6) is -0.509. The van der Waals surface area contributed by atoms with E-state index in [4.69, 9.17) is 9.47 Å². The number of alkyl carbamates (subject to hydrolysis) is 1. The molecule has 3 rings (SSSR count). The third-order valence-corrected chi connectivity index (χ3v) is 6.17. The number of nitrogens with one attached hydrogen (secondary N) is 2. The van der Waals surface area contributed by atoms with Gasteiger partial charge in [0.2, 0.25) is 5.91 Å². The zero-order valence-electron chi connectivity index (χ0n) is 24.2. The monoisotopic (exact) mass is 561 g/mol. The van der Waals surface area contributed by atoms with Crippen molar-refractivity contribution < 1.29 is 29.0 Å². The first kappa shape index (κ1) is 31.0. The number of phenolic OH excluding ortho intramolecular Hbond substituents is 1. The number of phenols is 1. The number of benzene rings is 3. The number of carbonyl (C=O) groups excluding carboxylic acids is 3. The molecular weight excluding hydrogens is 522 g/mol. The number of hydrogen-bond donors (Lipinski definition) is 3. The highest BCUT2D eigenvalue weighted by atomic mass is 16.6. The Morgan fingerprint density at radius 1 is 0.927 bits per heavy atom. The minimum atomic E-state index is -1.19. The molecule has 0 radical (unpaired) electrons. The minimum Gasteiger partial charge on any atom is -0.508 e. The Hall–Kier alpha value is -4.53. The van der Waals surface area contributed by atoms with Gasteiger partial charge in [-0.3, -0.25) is 9.59 Å². The highest BCUT2D eigenvalue weighted by molar-refractivity contribution is 5.99. The van der Waals surface area contributed by atoms with Crippen LogP contribution in [0.5, 0.6) is 11.5 Å². The van der Waals surface area contributed by atoms with Crippen LogP contribution in [0.3, 0.4) is 0 Å². The minimum absolute atomic E-state index is 0.129. The molecule has 0 bridgehead atoms. The van der Waals surface area contributed by atoms with Crippen LogP contribution in [-0.2, 0) is 20.7 Å². The zero-order valence-corrected chi connectivity index (χ0v) is 24.2. The number of ether oxygens (including phenoxy) is 2. The van der Waals surface area contributed by atoms with Crippen molar-refractivity contribution in [3.63, 3.8) is 0 Å². The summed E-state index contributed by atoms with van der Waals surface area (Å²) in [4.78, 5) is 42.4. The van der Waals surface area contributed by atoms with E-state index in [1.54, 1.807) is 70.3 Å². The number of methoxy groups -OCH3 is 1. The lowest BCUT2D eigenvalue weighted by Gasteiger charge is -2.34. The van der Waals surface area contributed by atoms with Gasteiger partial charge in [0.25, 0.3) is 5.91 Å². The molecule has 218 valence electrons. The number of para-hydroxylation sites is 1. The Bertz CT molecular complexity index is 1310. The molecule has 0 spiro atoms. The van der Waals surface area contributed by atoms with Gasteiger partial charge in [0.1, 0.15) is 29.2 Å². The number of nitrogens with zero attached hydrogens (tertiary/aromatic N) is 1. The van der Waals surface area contributed by atoms with Gasteiger partial charge in [0.15, 0.2) is 0 Å². The fourth-order valence-corrected chi connectivity index (χ4v) is 4.36. The Kier molecular flexibility index (Phi) is 10.7. The van der Waals surface area contributed by atoms with Crippen LogP contribution in [0.2, 0.25) is 0 Å². The van der Waals surface area contributed by atoms with Gasteiger partial charge in [-0.15, -0.1) is 0 Å². The number of hydrogen-bond acceptors (Lipinski definition) is 6. The maximum Gasteiger partial charge on any atom is 0.408 e. The van der Waals surface area contributed by atoms with Crippen LogP contribution in [-0.4, -0.2) is 53.2 Å². The first-order valence-electron chi connectivity index (χ1n) is 13.6. The molecule has 3 aromatic carbocycles. The van der Waals surface area contributed by atoms with E-state index in [-0.39, 0.29) is 24.3 Å². The quantitative estimate of drug-likeness (QED) is 0.286. The number of aromatic hydroxyl groups is 1. The molecule has 0 saturated heterocycles. The van der Waals surface area contributed by atoms with Crippen molar-refractivity contribution in [1.82, 2.24) is 10.2 Å². The molecule has 0 aromatic heterocycles. The number of rotatable bonds is 11. The maximum atomic E-state index is 14.3.